The molecule has 19 heavy (non-hydrogen) atoms. The molecule has 1 atom stereocenters. The highest BCUT2D eigenvalue weighted by molar-refractivity contribution is 9.24. The molecule has 0 bridgehead atoms. The molecule has 0 aromatic heterocycles. The molecule has 3 heteroatoms. The Bertz CT molecular complexity index is 597. The van der Waals surface area contributed by atoms with Gasteiger partial charge in [0, 0.05) is 11.3 Å². The molecule has 2 aromatic rings. The Morgan fingerprint density at radius 2 is 1.53 bits per heavy atom. The van der Waals surface area contributed by atoms with E-state index in [2.05, 4.69) is 43.7 Å². The van der Waals surface area contributed by atoms with E-state index in [9.17, 15) is 0 Å². The van der Waals surface area contributed by atoms with Crippen molar-refractivity contribution in [3.8, 4) is 11.8 Å². The van der Waals surface area contributed by atoms with Crippen LogP contribution in [0.2, 0.25) is 0 Å². The third kappa shape index (κ3) is 3.86. The summed E-state index contributed by atoms with van der Waals surface area (Å²) in [4.78, 5) is 0. The number of rotatable bonds is 2. The second-order valence-corrected chi connectivity index (χ2v) is 7.28. The molecule has 2 aromatic carbocycles. The molecule has 0 aliphatic heterocycles. The third-order valence-electron chi connectivity index (χ3n) is 2.73. The number of anilines is 1. The monoisotopic (exact) mass is 377 g/mol. The average molecular weight is 379 g/mol. The zero-order valence-corrected chi connectivity index (χ0v) is 13.4. The molecule has 1 unspecified atom stereocenters. The molecule has 2 N–H and O–H groups in total. The van der Waals surface area contributed by atoms with Crippen LogP contribution in [0, 0.1) is 11.8 Å². The average Bonchev–Trinajstić information content (AvgIpc) is 2.42. The van der Waals surface area contributed by atoms with E-state index in [-0.39, 0.29) is 9.65 Å². The van der Waals surface area contributed by atoms with Gasteiger partial charge in [-0.3, -0.25) is 0 Å². The zero-order valence-electron chi connectivity index (χ0n) is 10.2. The van der Waals surface area contributed by atoms with Gasteiger partial charge in [0.25, 0.3) is 0 Å². The lowest BCUT2D eigenvalue weighted by Gasteiger charge is -2.14. The summed E-state index contributed by atoms with van der Waals surface area (Å²) >= 11 is 7.09. The Labute approximate surface area is 130 Å². The standard InChI is InChI=1S/C16H13Br2N/c17-16(18)14(13-8-4-5-9-15(13)19)11-10-12-6-2-1-3-7-12/h1-9,14,16H,19H2. The van der Waals surface area contributed by atoms with Crippen molar-refractivity contribution >= 4 is 37.5 Å². The highest BCUT2D eigenvalue weighted by Gasteiger charge is 2.17. The summed E-state index contributed by atoms with van der Waals surface area (Å²) < 4.78 is 0.0564. The Hall–Kier alpha value is -1.24. The number of hydrogen-bond acceptors (Lipinski definition) is 1. The minimum atomic E-state index is 0.00130. The molecular weight excluding hydrogens is 366 g/mol. The second kappa shape index (κ2) is 6.79. The Morgan fingerprint density at radius 3 is 2.16 bits per heavy atom. The van der Waals surface area contributed by atoms with Crippen LogP contribution in [0.3, 0.4) is 0 Å². The molecule has 0 spiro atoms. The van der Waals surface area contributed by atoms with Crippen LogP contribution in [-0.4, -0.2) is 3.74 Å². The number of para-hydroxylation sites is 1. The maximum Gasteiger partial charge on any atom is 0.0876 e. The molecule has 0 saturated carbocycles. The van der Waals surface area contributed by atoms with Crippen molar-refractivity contribution in [2.45, 2.75) is 9.65 Å². The predicted molar refractivity (Wildman–Crippen MR) is 88.6 cm³/mol. The lowest BCUT2D eigenvalue weighted by molar-refractivity contribution is 1.00. The van der Waals surface area contributed by atoms with Crippen molar-refractivity contribution in [3.63, 3.8) is 0 Å². The summed E-state index contributed by atoms with van der Waals surface area (Å²) in [5, 5.41) is 0. The normalized spacial score (nSPS) is 11.7. The predicted octanol–water partition coefficient (Wildman–Crippen LogP) is 4.52. The van der Waals surface area contributed by atoms with E-state index in [0.717, 1.165) is 16.8 Å². The highest BCUT2D eigenvalue weighted by Crippen LogP contribution is 2.32. The smallest absolute Gasteiger partial charge is 0.0876 e. The van der Waals surface area contributed by atoms with Gasteiger partial charge < -0.3 is 5.73 Å². The van der Waals surface area contributed by atoms with Crippen molar-refractivity contribution < 1.29 is 0 Å². The van der Waals surface area contributed by atoms with Gasteiger partial charge in [-0.15, -0.1) is 0 Å². The number of alkyl halides is 2. The fraction of sp³-hybridized carbons (Fsp3) is 0.125. The summed E-state index contributed by atoms with van der Waals surface area (Å²) in [7, 11) is 0. The second-order valence-electron chi connectivity index (χ2n) is 4.08. The molecule has 0 aliphatic carbocycles. The van der Waals surface area contributed by atoms with E-state index in [0.29, 0.717) is 0 Å². The molecule has 0 aliphatic rings. The molecule has 0 radical (unpaired) electrons. The third-order valence-corrected chi connectivity index (χ3v) is 3.79. The number of nitrogen functional groups attached to an aromatic ring is 1. The topological polar surface area (TPSA) is 26.0 Å². The van der Waals surface area contributed by atoms with Crippen molar-refractivity contribution in [1.29, 1.82) is 0 Å². The minimum absolute atomic E-state index is 0.00130. The van der Waals surface area contributed by atoms with Gasteiger partial charge in [0.15, 0.2) is 0 Å². The van der Waals surface area contributed by atoms with Crippen molar-refractivity contribution in [1.82, 2.24) is 0 Å². The number of halogens is 2. The van der Waals surface area contributed by atoms with Crippen molar-refractivity contribution in [2.24, 2.45) is 0 Å². The van der Waals surface area contributed by atoms with Gasteiger partial charge in [-0.1, -0.05) is 80.1 Å². The lowest BCUT2D eigenvalue weighted by Crippen LogP contribution is -2.07. The van der Waals surface area contributed by atoms with E-state index in [1.54, 1.807) is 0 Å². The molecule has 0 fully saturated rings. The van der Waals surface area contributed by atoms with E-state index in [1.165, 1.54) is 0 Å². The molecule has 96 valence electrons. The largest absolute Gasteiger partial charge is 0.398 e. The van der Waals surface area contributed by atoms with E-state index >= 15 is 0 Å². The fourth-order valence-corrected chi connectivity index (χ4v) is 2.59. The quantitative estimate of drug-likeness (QED) is 0.464. The fourth-order valence-electron chi connectivity index (χ4n) is 1.75. The molecule has 1 nitrogen and oxygen atoms in total. The number of benzene rings is 2. The summed E-state index contributed by atoms with van der Waals surface area (Å²) in [5.74, 6) is 6.46. The molecular formula is C16H13Br2N. The van der Waals surface area contributed by atoms with Gasteiger partial charge in [0.05, 0.1) is 9.65 Å². The maximum atomic E-state index is 6.02. The maximum absolute atomic E-state index is 6.02. The summed E-state index contributed by atoms with van der Waals surface area (Å²) in [6.07, 6.45) is 0. The first-order valence-corrected chi connectivity index (χ1v) is 7.71. The van der Waals surface area contributed by atoms with E-state index in [4.69, 9.17) is 5.73 Å². The first-order chi connectivity index (χ1) is 9.18. The number of nitrogens with two attached hydrogens (primary N) is 1. The van der Waals surface area contributed by atoms with Crippen molar-refractivity contribution in [2.75, 3.05) is 5.73 Å². The van der Waals surface area contributed by atoms with Gasteiger partial charge in [-0.05, 0) is 23.8 Å². The van der Waals surface area contributed by atoms with Crippen LogP contribution in [0.15, 0.2) is 54.6 Å². The SMILES string of the molecule is Nc1ccccc1C(C#Cc1ccccc1)C(Br)Br. The van der Waals surface area contributed by atoms with Gasteiger partial charge in [0.2, 0.25) is 0 Å². The van der Waals surface area contributed by atoms with Crippen LogP contribution in [0.4, 0.5) is 5.69 Å². The number of hydrogen-bond donors (Lipinski definition) is 1. The Kier molecular flexibility index (Phi) is 5.07. The highest BCUT2D eigenvalue weighted by atomic mass is 79.9. The van der Waals surface area contributed by atoms with E-state index < -0.39 is 0 Å². The van der Waals surface area contributed by atoms with Crippen LogP contribution >= 0.6 is 31.9 Å². The lowest BCUT2D eigenvalue weighted by atomic mass is 9.99. The molecule has 0 amide bonds. The molecule has 0 saturated heterocycles. The molecule has 0 heterocycles. The van der Waals surface area contributed by atoms with Crippen LogP contribution < -0.4 is 5.73 Å². The summed E-state index contributed by atoms with van der Waals surface area (Å²) in [6.45, 7) is 0. The molecule has 2 rings (SSSR count). The minimum Gasteiger partial charge on any atom is -0.398 e. The van der Waals surface area contributed by atoms with E-state index in [1.807, 2.05) is 54.6 Å². The van der Waals surface area contributed by atoms with Crippen LogP contribution in [0.1, 0.15) is 17.0 Å². The Balaban J connectivity index is 2.33. The van der Waals surface area contributed by atoms with Crippen molar-refractivity contribution in [3.05, 3.63) is 65.7 Å². The summed E-state index contributed by atoms with van der Waals surface area (Å²) in [6, 6.07) is 17.8. The Morgan fingerprint density at radius 1 is 0.895 bits per heavy atom. The first kappa shape index (κ1) is 14.2. The first-order valence-electron chi connectivity index (χ1n) is 5.87. The van der Waals surface area contributed by atoms with Crippen LogP contribution in [-0.2, 0) is 0 Å². The van der Waals surface area contributed by atoms with Crippen LogP contribution in [0.5, 0.6) is 0 Å². The van der Waals surface area contributed by atoms with Crippen LogP contribution in [0.25, 0.3) is 0 Å². The van der Waals surface area contributed by atoms with Gasteiger partial charge in [-0.2, -0.15) is 0 Å². The summed E-state index contributed by atoms with van der Waals surface area (Å²) in [5.41, 5.74) is 8.82. The van der Waals surface area contributed by atoms with Gasteiger partial charge >= 0.3 is 0 Å². The van der Waals surface area contributed by atoms with Gasteiger partial charge in [-0.25, -0.2) is 0 Å². The van der Waals surface area contributed by atoms with Gasteiger partial charge in [0.1, 0.15) is 0 Å². The zero-order chi connectivity index (χ0) is 13.7.